The summed E-state index contributed by atoms with van der Waals surface area (Å²) in [5, 5.41) is 11.9. The summed E-state index contributed by atoms with van der Waals surface area (Å²) < 4.78 is 2.09. The highest BCUT2D eigenvalue weighted by Gasteiger charge is 2.28. The van der Waals surface area contributed by atoms with Gasteiger partial charge in [0, 0.05) is 18.2 Å². The van der Waals surface area contributed by atoms with E-state index in [0.717, 1.165) is 24.4 Å². The molecule has 1 aliphatic heterocycles. The first-order valence-electron chi connectivity index (χ1n) is 5.39. The van der Waals surface area contributed by atoms with Crippen LogP contribution in [0.2, 0.25) is 0 Å². The molecule has 2 aromatic heterocycles. The van der Waals surface area contributed by atoms with E-state index in [2.05, 4.69) is 26.8 Å². The first-order chi connectivity index (χ1) is 7.36. The van der Waals surface area contributed by atoms with Crippen molar-refractivity contribution in [3.8, 4) is 0 Å². The zero-order valence-electron chi connectivity index (χ0n) is 8.72. The highest BCUT2D eigenvalue weighted by Crippen LogP contribution is 2.26. The molecule has 0 amide bonds. The van der Waals surface area contributed by atoms with E-state index in [1.807, 2.05) is 24.4 Å². The summed E-state index contributed by atoms with van der Waals surface area (Å²) in [6.07, 6.45) is 3.19. The standard InChI is InChI=1S/C11H14N4/c1-8-9(5-6-12-8)11-14-13-10-4-2-3-7-15(10)11/h2-4,7-9,12H,5-6H2,1H3. The van der Waals surface area contributed by atoms with Crippen molar-refractivity contribution in [2.75, 3.05) is 6.54 Å². The predicted molar refractivity (Wildman–Crippen MR) is 57.8 cm³/mol. The van der Waals surface area contributed by atoms with E-state index < -0.39 is 0 Å². The van der Waals surface area contributed by atoms with E-state index in [-0.39, 0.29) is 0 Å². The maximum absolute atomic E-state index is 4.30. The molecule has 4 heteroatoms. The number of nitrogens with one attached hydrogen (secondary N) is 1. The Balaban J connectivity index is 2.10. The van der Waals surface area contributed by atoms with Crippen LogP contribution in [0.15, 0.2) is 24.4 Å². The fourth-order valence-corrected chi connectivity index (χ4v) is 2.32. The Kier molecular flexibility index (Phi) is 1.95. The Morgan fingerprint density at radius 1 is 1.40 bits per heavy atom. The molecule has 3 rings (SSSR count). The van der Waals surface area contributed by atoms with Crippen molar-refractivity contribution in [3.05, 3.63) is 30.2 Å². The maximum atomic E-state index is 4.30. The van der Waals surface area contributed by atoms with E-state index >= 15 is 0 Å². The molecule has 2 aromatic rings. The molecule has 0 spiro atoms. The van der Waals surface area contributed by atoms with Crippen LogP contribution in [0.4, 0.5) is 0 Å². The second-order valence-corrected chi connectivity index (χ2v) is 4.13. The topological polar surface area (TPSA) is 42.2 Å². The largest absolute Gasteiger partial charge is 0.314 e. The normalized spacial score (nSPS) is 26.2. The summed E-state index contributed by atoms with van der Waals surface area (Å²) in [5.41, 5.74) is 0.937. The van der Waals surface area contributed by atoms with E-state index in [1.165, 1.54) is 0 Å². The summed E-state index contributed by atoms with van der Waals surface area (Å²) in [5.74, 6) is 1.57. The molecular weight excluding hydrogens is 188 g/mol. The van der Waals surface area contributed by atoms with Gasteiger partial charge in [-0.25, -0.2) is 0 Å². The van der Waals surface area contributed by atoms with Gasteiger partial charge in [0.15, 0.2) is 5.65 Å². The minimum absolute atomic E-state index is 0.488. The summed E-state index contributed by atoms with van der Waals surface area (Å²) in [7, 11) is 0. The third-order valence-corrected chi connectivity index (χ3v) is 3.20. The van der Waals surface area contributed by atoms with Gasteiger partial charge in [-0.1, -0.05) is 6.07 Å². The molecular formula is C11H14N4. The smallest absolute Gasteiger partial charge is 0.160 e. The molecule has 3 heterocycles. The highest BCUT2D eigenvalue weighted by atomic mass is 15.3. The van der Waals surface area contributed by atoms with Crippen LogP contribution < -0.4 is 5.32 Å². The van der Waals surface area contributed by atoms with Crippen molar-refractivity contribution in [2.45, 2.75) is 25.3 Å². The summed E-state index contributed by atoms with van der Waals surface area (Å²) >= 11 is 0. The number of rotatable bonds is 1. The average Bonchev–Trinajstić information content (AvgIpc) is 2.83. The zero-order chi connectivity index (χ0) is 10.3. The second-order valence-electron chi connectivity index (χ2n) is 4.13. The van der Waals surface area contributed by atoms with Gasteiger partial charge in [-0.3, -0.25) is 4.40 Å². The van der Waals surface area contributed by atoms with Crippen molar-refractivity contribution in [3.63, 3.8) is 0 Å². The molecule has 2 unspecified atom stereocenters. The first-order valence-corrected chi connectivity index (χ1v) is 5.39. The van der Waals surface area contributed by atoms with Gasteiger partial charge in [0.2, 0.25) is 0 Å². The van der Waals surface area contributed by atoms with E-state index in [0.29, 0.717) is 12.0 Å². The molecule has 0 aliphatic carbocycles. The van der Waals surface area contributed by atoms with Crippen molar-refractivity contribution >= 4 is 5.65 Å². The first kappa shape index (κ1) is 8.85. The lowest BCUT2D eigenvalue weighted by Crippen LogP contribution is -2.22. The van der Waals surface area contributed by atoms with Crippen molar-refractivity contribution < 1.29 is 0 Å². The van der Waals surface area contributed by atoms with E-state index in [1.54, 1.807) is 0 Å². The lowest BCUT2D eigenvalue weighted by molar-refractivity contribution is 0.563. The zero-order valence-corrected chi connectivity index (χ0v) is 8.72. The predicted octanol–water partition coefficient (Wildman–Crippen LogP) is 1.19. The molecule has 0 bridgehead atoms. The van der Waals surface area contributed by atoms with Crippen LogP contribution in [0.3, 0.4) is 0 Å². The summed E-state index contributed by atoms with van der Waals surface area (Å²) in [4.78, 5) is 0. The fraction of sp³-hybridized carbons (Fsp3) is 0.455. The minimum atomic E-state index is 0.488. The molecule has 0 aromatic carbocycles. The van der Waals surface area contributed by atoms with Gasteiger partial charge in [0.05, 0.1) is 0 Å². The molecule has 1 N–H and O–H groups in total. The number of hydrogen-bond donors (Lipinski definition) is 1. The average molecular weight is 202 g/mol. The van der Waals surface area contributed by atoms with Gasteiger partial charge in [0.25, 0.3) is 0 Å². The third kappa shape index (κ3) is 1.33. The van der Waals surface area contributed by atoms with Crippen LogP contribution in [0.5, 0.6) is 0 Å². The third-order valence-electron chi connectivity index (χ3n) is 3.20. The molecule has 78 valence electrons. The molecule has 15 heavy (non-hydrogen) atoms. The lowest BCUT2D eigenvalue weighted by atomic mass is 10.0. The molecule has 0 saturated carbocycles. The maximum Gasteiger partial charge on any atom is 0.160 e. The number of hydrogen-bond acceptors (Lipinski definition) is 3. The highest BCUT2D eigenvalue weighted by molar-refractivity contribution is 5.37. The van der Waals surface area contributed by atoms with Crippen LogP contribution in [-0.2, 0) is 0 Å². The lowest BCUT2D eigenvalue weighted by Gasteiger charge is -2.12. The molecule has 4 nitrogen and oxygen atoms in total. The van der Waals surface area contributed by atoms with Crippen LogP contribution >= 0.6 is 0 Å². The van der Waals surface area contributed by atoms with Crippen LogP contribution in [0.1, 0.15) is 25.1 Å². The Bertz CT molecular complexity index is 476. The molecule has 0 radical (unpaired) electrons. The Morgan fingerprint density at radius 2 is 2.33 bits per heavy atom. The number of fused-ring (bicyclic) bond motifs is 1. The van der Waals surface area contributed by atoms with Gasteiger partial charge in [-0.15, -0.1) is 10.2 Å². The minimum Gasteiger partial charge on any atom is -0.314 e. The number of pyridine rings is 1. The fourth-order valence-electron chi connectivity index (χ4n) is 2.32. The Morgan fingerprint density at radius 3 is 3.13 bits per heavy atom. The number of aromatic nitrogens is 3. The molecule has 1 aliphatic rings. The second kappa shape index (κ2) is 3.31. The van der Waals surface area contributed by atoms with Crippen LogP contribution in [0, 0.1) is 0 Å². The Labute approximate surface area is 88.3 Å². The van der Waals surface area contributed by atoms with Crippen LogP contribution in [0.25, 0.3) is 5.65 Å². The quantitative estimate of drug-likeness (QED) is 0.755. The van der Waals surface area contributed by atoms with Gasteiger partial charge < -0.3 is 5.32 Å². The van der Waals surface area contributed by atoms with E-state index in [9.17, 15) is 0 Å². The Hall–Kier alpha value is -1.42. The van der Waals surface area contributed by atoms with Gasteiger partial charge in [-0.2, -0.15) is 0 Å². The van der Waals surface area contributed by atoms with Crippen LogP contribution in [-0.4, -0.2) is 27.2 Å². The summed E-state index contributed by atoms with van der Waals surface area (Å²) in [6, 6.07) is 6.50. The van der Waals surface area contributed by atoms with Gasteiger partial charge >= 0.3 is 0 Å². The number of nitrogens with zero attached hydrogens (tertiary/aromatic N) is 3. The molecule has 2 atom stereocenters. The monoisotopic (exact) mass is 202 g/mol. The van der Waals surface area contributed by atoms with Crippen molar-refractivity contribution in [1.82, 2.24) is 19.9 Å². The van der Waals surface area contributed by atoms with Crippen molar-refractivity contribution in [1.29, 1.82) is 0 Å². The van der Waals surface area contributed by atoms with Gasteiger partial charge in [-0.05, 0) is 32.0 Å². The summed E-state index contributed by atoms with van der Waals surface area (Å²) in [6.45, 7) is 3.29. The molecule has 1 saturated heterocycles. The van der Waals surface area contributed by atoms with Gasteiger partial charge in [0.1, 0.15) is 5.82 Å². The SMILES string of the molecule is CC1NCCC1c1nnc2ccccn12. The molecule has 1 fully saturated rings. The van der Waals surface area contributed by atoms with E-state index in [4.69, 9.17) is 0 Å². The van der Waals surface area contributed by atoms with Crippen molar-refractivity contribution in [2.24, 2.45) is 0 Å².